The van der Waals surface area contributed by atoms with Crippen molar-refractivity contribution in [1.29, 1.82) is 0 Å². The van der Waals surface area contributed by atoms with Gasteiger partial charge in [-0.2, -0.15) is 0 Å². The van der Waals surface area contributed by atoms with Crippen LogP contribution in [-0.4, -0.2) is 18.4 Å². The zero-order valence-electron chi connectivity index (χ0n) is 23.9. The maximum atomic E-state index is 14.1. The van der Waals surface area contributed by atoms with E-state index in [-0.39, 0.29) is 17.6 Å². The van der Waals surface area contributed by atoms with Crippen LogP contribution < -0.4 is 14.8 Å². The van der Waals surface area contributed by atoms with Gasteiger partial charge >= 0.3 is 5.97 Å². The zero-order chi connectivity index (χ0) is 29.3. The Morgan fingerprint density at radius 3 is 2.33 bits per heavy atom. The van der Waals surface area contributed by atoms with Crippen LogP contribution in [0.4, 0.5) is 5.69 Å². The maximum Gasteiger partial charge on any atom is 0.343 e. The van der Waals surface area contributed by atoms with Crippen LogP contribution >= 0.6 is 0 Å². The fraction of sp³-hybridized carbons (Fsp3) is 0.158. The van der Waals surface area contributed by atoms with Crippen molar-refractivity contribution in [3.05, 3.63) is 149 Å². The van der Waals surface area contributed by atoms with Gasteiger partial charge in [-0.05, 0) is 77.1 Å². The summed E-state index contributed by atoms with van der Waals surface area (Å²) in [5.74, 6) is 0.314. The number of benzene rings is 5. The van der Waals surface area contributed by atoms with E-state index in [0.717, 1.165) is 45.3 Å². The van der Waals surface area contributed by atoms with Crippen molar-refractivity contribution in [2.45, 2.75) is 31.6 Å². The average Bonchev–Trinajstić information content (AvgIpc) is 3.05. The molecule has 0 spiro atoms. The molecule has 5 aromatic rings. The van der Waals surface area contributed by atoms with Gasteiger partial charge in [0.15, 0.2) is 17.3 Å². The molecule has 0 unspecified atom stereocenters. The predicted octanol–water partition coefficient (Wildman–Crippen LogP) is 8.42. The number of allylic oxidation sites excluding steroid dienone is 2. The largest absolute Gasteiger partial charge is 0.490 e. The highest BCUT2D eigenvalue weighted by Crippen LogP contribution is 2.51. The van der Waals surface area contributed by atoms with Crippen LogP contribution in [0.15, 0.2) is 127 Å². The Labute approximate surface area is 250 Å². The van der Waals surface area contributed by atoms with E-state index in [2.05, 4.69) is 41.7 Å². The molecule has 2 aliphatic rings. The first kappa shape index (κ1) is 26.7. The van der Waals surface area contributed by atoms with Gasteiger partial charge in [0.2, 0.25) is 0 Å². The molecule has 0 saturated heterocycles. The second-order valence-corrected chi connectivity index (χ2v) is 11.0. The summed E-state index contributed by atoms with van der Waals surface area (Å²) >= 11 is 0. The molecule has 1 N–H and O–H groups in total. The molecule has 0 bridgehead atoms. The van der Waals surface area contributed by atoms with Crippen LogP contribution in [0.3, 0.4) is 0 Å². The van der Waals surface area contributed by atoms with Crippen LogP contribution in [0.2, 0.25) is 0 Å². The number of ketones is 1. The Morgan fingerprint density at radius 2 is 1.53 bits per heavy atom. The third kappa shape index (κ3) is 4.97. The third-order valence-corrected chi connectivity index (χ3v) is 8.43. The first-order chi connectivity index (χ1) is 21.1. The van der Waals surface area contributed by atoms with E-state index in [1.165, 1.54) is 5.56 Å². The standard InChI is InChI=1S/C38H31NO4/c1-2-42-34-23-27(18-20-33(34)43-38(41)26-14-7-4-8-15-26)35-36-29-16-10-9-13-25(29)17-19-30(36)39-31-21-28(22-32(40)37(31)35)24-11-5-3-6-12-24/h3-20,23,28,35,39H,2,21-22H2,1H3/t28-,35-/m1/s1. The van der Waals surface area contributed by atoms with Crippen molar-refractivity contribution in [1.82, 2.24) is 0 Å². The van der Waals surface area contributed by atoms with Gasteiger partial charge < -0.3 is 14.8 Å². The minimum absolute atomic E-state index is 0.112. The summed E-state index contributed by atoms with van der Waals surface area (Å²) in [7, 11) is 0. The summed E-state index contributed by atoms with van der Waals surface area (Å²) in [5, 5.41) is 5.88. The van der Waals surface area contributed by atoms with E-state index in [0.29, 0.717) is 30.1 Å². The van der Waals surface area contributed by atoms with Crippen molar-refractivity contribution in [2.75, 3.05) is 11.9 Å². The molecule has 0 saturated carbocycles. The molecule has 2 atom stereocenters. The molecule has 43 heavy (non-hydrogen) atoms. The molecular formula is C38H31NO4. The molecule has 212 valence electrons. The topological polar surface area (TPSA) is 64.6 Å². The molecule has 5 aromatic carbocycles. The minimum atomic E-state index is -0.452. The lowest BCUT2D eigenvalue weighted by Gasteiger charge is -2.37. The highest BCUT2D eigenvalue weighted by Gasteiger charge is 2.39. The summed E-state index contributed by atoms with van der Waals surface area (Å²) in [6.07, 6.45) is 1.20. The number of carbonyl (C=O) groups is 2. The van der Waals surface area contributed by atoms with Gasteiger partial charge in [-0.1, -0.05) is 84.9 Å². The van der Waals surface area contributed by atoms with Crippen molar-refractivity contribution >= 4 is 28.2 Å². The summed E-state index contributed by atoms with van der Waals surface area (Å²) in [4.78, 5) is 27.0. The van der Waals surface area contributed by atoms with Crippen LogP contribution in [0, 0.1) is 0 Å². The normalized spacial score (nSPS) is 17.6. The third-order valence-electron chi connectivity index (χ3n) is 8.43. The summed E-state index contributed by atoms with van der Waals surface area (Å²) in [6.45, 7) is 2.30. The molecule has 1 aliphatic carbocycles. The molecule has 0 aromatic heterocycles. The number of carbonyl (C=O) groups excluding carboxylic acids is 2. The predicted molar refractivity (Wildman–Crippen MR) is 169 cm³/mol. The van der Waals surface area contributed by atoms with E-state index in [1.54, 1.807) is 30.3 Å². The molecule has 7 rings (SSSR count). The summed E-state index contributed by atoms with van der Waals surface area (Å²) < 4.78 is 11.8. The smallest absolute Gasteiger partial charge is 0.343 e. The van der Waals surface area contributed by atoms with Gasteiger partial charge in [0, 0.05) is 29.3 Å². The molecule has 0 amide bonds. The monoisotopic (exact) mass is 565 g/mol. The maximum absolute atomic E-state index is 14.1. The highest BCUT2D eigenvalue weighted by atomic mass is 16.6. The fourth-order valence-electron chi connectivity index (χ4n) is 6.49. The Hall–Kier alpha value is -5.16. The molecule has 1 aliphatic heterocycles. The number of rotatable bonds is 6. The lowest BCUT2D eigenvalue weighted by molar-refractivity contribution is -0.116. The summed E-state index contributed by atoms with van der Waals surface area (Å²) in [5.41, 5.74) is 6.39. The van der Waals surface area contributed by atoms with Gasteiger partial charge in [0.25, 0.3) is 0 Å². The van der Waals surface area contributed by atoms with E-state index < -0.39 is 5.97 Å². The van der Waals surface area contributed by atoms with Gasteiger partial charge in [-0.25, -0.2) is 4.79 Å². The SMILES string of the molecule is CCOc1cc([C@H]2C3=C(C[C@@H](c4ccccc4)CC3=O)Nc3ccc4ccccc4c32)ccc1OC(=O)c1ccccc1. The van der Waals surface area contributed by atoms with E-state index in [4.69, 9.17) is 9.47 Å². The van der Waals surface area contributed by atoms with Crippen LogP contribution in [-0.2, 0) is 4.79 Å². The van der Waals surface area contributed by atoms with Crippen LogP contribution in [0.5, 0.6) is 11.5 Å². The number of ether oxygens (including phenoxy) is 2. The van der Waals surface area contributed by atoms with Gasteiger partial charge in [0.05, 0.1) is 12.2 Å². The van der Waals surface area contributed by atoms with Crippen molar-refractivity contribution in [2.24, 2.45) is 0 Å². The number of anilines is 1. The zero-order valence-corrected chi connectivity index (χ0v) is 23.9. The number of nitrogens with one attached hydrogen (secondary N) is 1. The second-order valence-electron chi connectivity index (χ2n) is 11.0. The summed E-state index contributed by atoms with van der Waals surface area (Å²) in [6, 6.07) is 37.4. The molecule has 5 nitrogen and oxygen atoms in total. The molecule has 1 heterocycles. The van der Waals surface area contributed by atoms with Crippen molar-refractivity contribution < 1.29 is 19.1 Å². The quantitative estimate of drug-likeness (QED) is 0.165. The Balaban J connectivity index is 1.35. The van der Waals surface area contributed by atoms with Gasteiger partial charge in [0.1, 0.15) is 0 Å². The first-order valence-corrected chi connectivity index (χ1v) is 14.7. The van der Waals surface area contributed by atoms with E-state index in [1.807, 2.05) is 55.5 Å². The molecule has 0 radical (unpaired) electrons. The fourth-order valence-corrected chi connectivity index (χ4v) is 6.49. The molecular weight excluding hydrogens is 534 g/mol. The Morgan fingerprint density at radius 1 is 0.791 bits per heavy atom. The van der Waals surface area contributed by atoms with Crippen molar-refractivity contribution in [3.8, 4) is 11.5 Å². The highest BCUT2D eigenvalue weighted by molar-refractivity contribution is 6.04. The Kier molecular flexibility index (Phi) is 6.99. The van der Waals surface area contributed by atoms with Crippen LogP contribution in [0.25, 0.3) is 10.8 Å². The lowest BCUT2D eigenvalue weighted by atomic mass is 9.71. The lowest BCUT2D eigenvalue weighted by Crippen LogP contribution is -2.30. The number of Topliss-reactive ketones (excluding diaryl/α,β-unsaturated/α-hetero) is 1. The van der Waals surface area contributed by atoms with Crippen LogP contribution in [0.1, 0.15) is 58.6 Å². The van der Waals surface area contributed by atoms with Gasteiger partial charge in [-0.3, -0.25) is 4.79 Å². The molecule has 0 fully saturated rings. The number of hydrogen-bond acceptors (Lipinski definition) is 5. The minimum Gasteiger partial charge on any atom is -0.490 e. The molecule has 5 heteroatoms. The second kappa shape index (κ2) is 11.3. The van der Waals surface area contributed by atoms with Crippen molar-refractivity contribution in [3.63, 3.8) is 0 Å². The van der Waals surface area contributed by atoms with Gasteiger partial charge in [-0.15, -0.1) is 0 Å². The Bertz CT molecular complexity index is 1880. The number of esters is 1. The van der Waals surface area contributed by atoms with E-state index >= 15 is 0 Å². The number of hydrogen-bond donors (Lipinski definition) is 1. The number of fused-ring (bicyclic) bond motifs is 3. The van der Waals surface area contributed by atoms with E-state index in [9.17, 15) is 9.59 Å². The average molecular weight is 566 g/mol. The first-order valence-electron chi connectivity index (χ1n) is 14.7.